The van der Waals surface area contributed by atoms with E-state index in [0.29, 0.717) is 43.4 Å². The maximum Gasteiger partial charge on any atom is 0.251 e. The van der Waals surface area contributed by atoms with Crippen molar-refractivity contribution in [2.75, 3.05) is 25.6 Å². The fourth-order valence-electron chi connectivity index (χ4n) is 4.09. The number of fused-ring (bicyclic) bond motifs is 3. The molecule has 1 saturated heterocycles. The number of anilines is 1. The lowest BCUT2D eigenvalue weighted by Crippen LogP contribution is -2.48. The Labute approximate surface area is 202 Å². The van der Waals surface area contributed by atoms with Crippen LogP contribution in [0.3, 0.4) is 0 Å². The standard InChI is InChI=1S/C24H19F2N5O3S/c25-14-2-4-18(17(26)9-14)31-22(29-24(27)30-31)20-8-12-5-6-34-19-7-13(1-3-16(19)21(12)35-20)23(32)28-15-10-33-11-15/h1-4,7-9,15H,5-6,10-11H2,(H2,27,30)(H,28,32). The molecule has 0 radical (unpaired) electrons. The van der Waals surface area contributed by atoms with Gasteiger partial charge in [-0.1, -0.05) is 0 Å². The lowest BCUT2D eigenvalue weighted by molar-refractivity contribution is -0.00346. The molecule has 4 aromatic rings. The van der Waals surface area contributed by atoms with Crippen molar-refractivity contribution >= 4 is 23.2 Å². The number of rotatable bonds is 4. The van der Waals surface area contributed by atoms with E-state index in [2.05, 4.69) is 15.4 Å². The summed E-state index contributed by atoms with van der Waals surface area (Å²) in [5.74, 6) is -0.691. The minimum Gasteiger partial charge on any atom is -0.493 e. The van der Waals surface area contributed by atoms with Crippen molar-refractivity contribution in [1.82, 2.24) is 20.1 Å². The van der Waals surface area contributed by atoms with Gasteiger partial charge in [0.05, 0.1) is 30.7 Å². The van der Waals surface area contributed by atoms with Gasteiger partial charge < -0.3 is 20.5 Å². The Bertz CT molecular complexity index is 1460. The Morgan fingerprint density at radius 2 is 2.03 bits per heavy atom. The van der Waals surface area contributed by atoms with E-state index in [9.17, 15) is 13.6 Å². The van der Waals surface area contributed by atoms with E-state index in [0.717, 1.165) is 33.0 Å². The van der Waals surface area contributed by atoms with Gasteiger partial charge in [0.25, 0.3) is 5.91 Å². The highest BCUT2D eigenvalue weighted by Crippen LogP contribution is 2.44. The van der Waals surface area contributed by atoms with Gasteiger partial charge in [-0.15, -0.1) is 16.4 Å². The number of carbonyl (C=O) groups is 1. The van der Waals surface area contributed by atoms with Crippen LogP contribution in [0.2, 0.25) is 0 Å². The number of aromatic nitrogens is 3. The van der Waals surface area contributed by atoms with Crippen molar-refractivity contribution in [2.45, 2.75) is 12.5 Å². The zero-order chi connectivity index (χ0) is 24.1. The third-order valence-electron chi connectivity index (χ3n) is 5.88. The summed E-state index contributed by atoms with van der Waals surface area (Å²) in [5, 5.41) is 7.06. The summed E-state index contributed by atoms with van der Waals surface area (Å²) >= 11 is 1.44. The molecule has 35 heavy (non-hydrogen) atoms. The summed E-state index contributed by atoms with van der Waals surface area (Å²) in [6.07, 6.45) is 0.635. The van der Waals surface area contributed by atoms with Gasteiger partial charge in [-0.25, -0.2) is 13.5 Å². The number of nitrogens with two attached hydrogens (primary N) is 1. The number of amides is 1. The van der Waals surface area contributed by atoms with E-state index >= 15 is 0 Å². The minimum atomic E-state index is -0.771. The first kappa shape index (κ1) is 21.7. The van der Waals surface area contributed by atoms with E-state index in [1.807, 2.05) is 12.1 Å². The van der Waals surface area contributed by atoms with Crippen LogP contribution in [0.5, 0.6) is 5.75 Å². The molecule has 0 saturated carbocycles. The summed E-state index contributed by atoms with van der Waals surface area (Å²) in [6.45, 7) is 1.47. The number of nitrogen functional groups attached to an aromatic ring is 1. The van der Waals surface area contributed by atoms with Crippen molar-refractivity contribution in [3.05, 3.63) is 65.2 Å². The second-order valence-electron chi connectivity index (χ2n) is 8.28. The summed E-state index contributed by atoms with van der Waals surface area (Å²) in [7, 11) is 0. The molecule has 0 unspecified atom stereocenters. The number of hydrogen-bond donors (Lipinski definition) is 2. The minimum absolute atomic E-state index is 0.0245. The SMILES string of the molecule is Nc1nc(-c2cc3c(s2)-c2ccc(C(=O)NC4COC4)cc2OCC3)n(-c2ccc(F)cc2F)n1. The molecule has 4 heterocycles. The molecule has 2 aliphatic heterocycles. The first-order valence-electron chi connectivity index (χ1n) is 10.9. The normalized spacial score (nSPS) is 14.9. The van der Waals surface area contributed by atoms with E-state index in [1.54, 1.807) is 12.1 Å². The highest BCUT2D eigenvalue weighted by Gasteiger charge is 2.25. The van der Waals surface area contributed by atoms with Crippen LogP contribution < -0.4 is 15.8 Å². The molecule has 11 heteroatoms. The molecule has 0 bridgehead atoms. The highest BCUT2D eigenvalue weighted by molar-refractivity contribution is 7.19. The van der Waals surface area contributed by atoms with Gasteiger partial charge in [-0.05, 0) is 42.0 Å². The highest BCUT2D eigenvalue weighted by atomic mass is 32.1. The molecular formula is C24H19F2N5O3S. The van der Waals surface area contributed by atoms with Crippen LogP contribution in [0.1, 0.15) is 15.9 Å². The average molecular weight is 496 g/mol. The third-order valence-corrected chi connectivity index (χ3v) is 7.09. The van der Waals surface area contributed by atoms with Crippen LogP contribution in [0.4, 0.5) is 14.7 Å². The third kappa shape index (κ3) is 3.92. The maximum atomic E-state index is 14.5. The lowest BCUT2D eigenvalue weighted by atomic mass is 10.0. The van der Waals surface area contributed by atoms with Crippen LogP contribution in [-0.2, 0) is 11.2 Å². The fourth-order valence-corrected chi connectivity index (χ4v) is 5.31. The Hall–Kier alpha value is -3.83. The molecule has 3 N–H and O–H groups in total. The zero-order valence-corrected chi connectivity index (χ0v) is 19.1. The molecule has 0 spiro atoms. The number of carbonyl (C=O) groups excluding carboxylic acids is 1. The van der Waals surface area contributed by atoms with Crippen molar-refractivity contribution < 1.29 is 23.0 Å². The smallest absolute Gasteiger partial charge is 0.251 e. The number of nitrogens with zero attached hydrogens (tertiary/aromatic N) is 3. The number of thiophene rings is 1. The van der Waals surface area contributed by atoms with E-state index in [-0.39, 0.29) is 23.6 Å². The number of halogens is 2. The van der Waals surface area contributed by atoms with Crippen LogP contribution in [-0.4, -0.2) is 46.5 Å². The molecular weight excluding hydrogens is 476 g/mol. The molecule has 0 aliphatic carbocycles. The van der Waals surface area contributed by atoms with Crippen molar-refractivity contribution in [1.29, 1.82) is 0 Å². The molecule has 0 atom stereocenters. The average Bonchev–Trinajstić information content (AvgIpc) is 3.35. The van der Waals surface area contributed by atoms with Crippen molar-refractivity contribution in [2.24, 2.45) is 0 Å². The number of benzene rings is 2. The number of hydrogen-bond acceptors (Lipinski definition) is 7. The zero-order valence-electron chi connectivity index (χ0n) is 18.3. The van der Waals surface area contributed by atoms with Gasteiger partial charge in [0, 0.05) is 28.5 Å². The molecule has 2 aromatic carbocycles. The van der Waals surface area contributed by atoms with Crippen molar-refractivity contribution in [3.8, 4) is 32.6 Å². The fraction of sp³-hybridized carbons (Fsp3) is 0.208. The Kier molecular flexibility index (Phi) is 5.23. The van der Waals surface area contributed by atoms with Crippen LogP contribution in [0.25, 0.3) is 26.8 Å². The predicted molar refractivity (Wildman–Crippen MR) is 126 cm³/mol. The second-order valence-corrected chi connectivity index (χ2v) is 9.34. The summed E-state index contributed by atoms with van der Waals surface area (Å²) < 4.78 is 40.3. The lowest BCUT2D eigenvalue weighted by Gasteiger charge is -2.26. The number of nitrogens with one attached hydrogen (secondary N) is 1. The van der Waals surface area contributed by atoms with E-state index < -0.39 is 11.6 Å². The van der Waals surface area contributed by atoms with Gasteiger partial charge in [0.1, 0.15) is 17.3 Å². The van der Waals surface area contributed by atoms with Gasteiger partial charge >= 0.3 is 0 Å². The van der Waals surface area contributed by atoms with Gasteiger partial charge in [-0.3, -0.25) is 4.79 Å². The predicted octanol–water partition coefficient (Wildman–Crippen LogP) is 3.59. The molecule has 8 nitrogen and oxygen atoms in total. The Morgan fingerprint density at radius 3 is 2.80 bits per heavy atom. The molecule has 6 rings (SSSR count). The summed E-state index contributed by atoms with van der Waals surface area (Å²) in [4.78, 5) is 18.6. The summed E-state index contributed by atoms with van der Waals surface area (Å²) in [5.41, 5.74) is 8.29. The first-order chi connectivity index (χ1) is 17.0. The quantitative estimate of drug-likeness (QED) is 0.449. The van der Waals surface area contributed by atoms with Crippen molar-refractivity contribution in [3.63, 3.8) is 0 Å². The van der Waals surface area contributed by atoms with Gasteiger partial charge in [0.15, 0.2) is 11.6 Å². The van der Waals surface area contributed by atoms with Gasteiger partial charge in [0.2, 0.25) is 5.95 Å². The molecule has 1 amide bonds. The second kappa shape index (κ2) is 8.43. The summed E-state index contributed by atoms with van der Waals surface area (Å²) in [6, 6.07) is 10.6. The monoisotopic (exact) mass is 495 g/mol. The maximum absolute atomic E-state index is 14.5. The van der Waals surface area contributed by atoms with E-state index in [1.165, 1.54) is 22.1 Å². The van der Waals surface area contributed by atoms with Crippen LogP contribution in [0, 0.1) is 11.6 Å². The Balaban J connectivity index is 1.38. The largest absolute Gasteiger partial charge is 0.493 e. The molecule has 2 aromatic heterocycles. The topological polar surface area (TPSA) is 104 Å². The molecule has 1 fully saturated rings. The van der Waals surface area contributed by atoms with Crippen LogP contribution in [0.15, 0.2) is 42.5 Å². The molecule has 178 valence electrons. The first-order valence-corrected chi connectivity index (χ1v) is 11.7. The molecule has 2 aliphatic rings. The van der Waals surface area contributed by atoms with Gasteiger partial charge in [-0.2, -0.15) is 4.98 Å². The van der Waals surface area contributed by atoms with E-state index in [4.69, 9.17) is 15.2 Å². The number of ether oxygens (including phenoxy) is 2. The van der Waals surface area contributed by atoms with Crippen LogP contribution >= 0.6 is 11.3 Å². The Morgan fingerprint density at radius 1 is 1.17 bits per heavy atom.